The number of pyridine rings is 1. The number of carbonyl (C=O) groups is 2. The van der Waals surface area contributed by atoms with Gasteiger partial charge in [-0.15, -0.1) is 5.10 Å². The lowest BCUT2D eigenvalue weighted by Crippen LogP contribution is -2.63. The quantitative estimate of drug-likeness (QED) is 0.135. The van der Waals surface area contributed by atoms with Crippen molar-refractivity contribution in [1.82, 2.24) is 29.8 Å². The molecule has 0 saturated carbocycles. The molecule has 5 heterocycles. The van der Waals surface area contributed by atoms with Crippen molar-refractivity contribution < 1.29 is 48.6 Å². The van der Waals surface area contributed by atoms with Gasteiger partial charge >= 0.3 is 5.97 Å². The van der Waals surface area contributed by atoms with Crippen LogP contribution in [0, 0.1) is 23.7 Å². The summed E-state index contributed by atoms with van der Waals surface area (Å²) in [5, 5.41) is 54.9. The molecule has 0 spiro atoms. The Kier molecular flexibility index (Phi) is 17.2. The Hall–Kier alpha value is -4.65. The Morgan fingerprint density at radius 1 is 1.00 bits per heavy atom. The number of aliphatic hydroxyl groups excluding tert-OH is 4. The van der Waals surface area contributed by atoms with E-state index in [0.29, 0.717) is 44.6 Å². The van der Waals surface area contributed by atoms with Crippen molar-refractivity contribution in [3.8, 4) is 5.69 Å². The van der Waals surface area contributed by atoms with Gasteiger partial charge in [0.25, 0.3) is 0 Å². The number of allylic oxidation sites excluding steroid dienone is 3. The number of esters is 1. The minimum Gasteiger partial charge on any atom is -0.468 e. The van der Waals surface area contributed by atoms with Gasteiger partial charge in [-0.25, -0.2) is 4.68 Å². The first-order chi connectivity index (χ1) is 30.6. The van der Waals surface area contributed by atoms with Crippen molar-refractivity contribution in [1.29, 1.82) is 0 Å². The van der Waals surface area contributed by atoms with E-state index in [2.05, 4.69) is 20.2 Å². The van der Waals surface area contributed by atoms with Gasteiger partial charge in [0.15, 0.2) is 12.1 Å². The Morgan fingerprint density at radius 3 is 2.50 bits per heavy atom. The normalized spacial score (nSPS) is 31.5. The van der Waals surface area contributed by atoms with Gasteiger partial charge in [-0.1, -0.05) is 61.9 Å². The van der Waals surface area contributed by atoms with Gasteiger partial charge in [0, 0.05) is 29.7 Å². The molecular formula is C48H66N6O10. The minimum absolute atomic E-state index is 0.124. The molecule has 0 unspecified atom stereocenters. The van der Waals surface area contributed by atoms with Crippen molar-refractivity contribution in [3.05, 3.63) is 96.4 Å². The van der Waals surface area contributed by atoms with Crippen molar-refractivity contribution >= 4 is 22.7 Å². The molecule has 12 atom stereocenters. The summed E-state index contributed by atoms with van der Waals surface area (Å²) in [4.78, 5) is 35.9. The summed E-state index contributed by atoms with van der Waals surface area (Å²) in [5.74, 6) is -2.26. The van der Waals surface area contributed by atoms with Crippen LogP contribution in [0.5, 0.6) is 0 Å². The number of hydrogen-bond donors (Lipinski definition) is 4. The molecule has 16 heteroatoms. The summed E-state index contributed by atoms with van der Waals surface area (Å²) in [5.41, 5.74) is 3.06. The number of nitrogens with zero attached hydrogens (tertiary/aromatic N) is 6. The number of aliphatic hydroxyl groups is 4. The predicted octanol–water partition coefficient (Wildman–Crippen LogP) is 4.63. The third kappa shape index (κ3) is 12.4. The molecule has 4 N–H and O–H groups in total. The molecule has 6 rings (SSSR count). The van der Waals surface area contributed by atoms with Crippen LogP contribution in [0.2, 0.25) is 0 Å². The fraction of sp³-hybridized carbons (Fsp3) is 0.562. The summed E-state index contributed by atoms with van der Waals surface area (Å²) in [7, 11) is 3.51. The molecule has 1 fully saturated rings. The highest BCUT2D eigenvalue weighted by Gasteiger charge is 2.47. The van der Waals surface area contributed by atoms with Gasteiger partial charge in [0.2, 0.25) is 0 Å². The van der Waals surface area contributed by atoms with Gasteiger partial charge in [0.05, 0.1) is 85.6 Å². The van der Waals surface area contributed by atoms with Crippen LogP contribution in [0.25, 0.3) is 16.6 Å². The van der Waals surface area contributed by atoms with Crippen LogP contribution < -0.4 is 0 Å². The number of furan rings is 1. The number of hydrogen-bond acceptors (Lipinski definition) is 15. The molecule has 2 aliphatic heterocycles. The number of aromatic nitrogens is 4. The lowest BCUT2D eigenvalue weighted by atomic mass is 9.79. The van der Waals surface area contributed by atoms with Crippen LogP contribution >= 0.6 is 0 Å². The molecule has 2 aliphatic rings. The molecular weight excluding hydrogens is 821 g/mol. The molecule has 0 radical (unpaired) electrons. The second-order valence-corrected chi connectivity index (χ2v) is 17.8. The van der Waals surface area contributed by atoms with E-state index >= 15 is 0 Å². The van der Waals surface area contributed by atoms with E-state index in [1.165, 1.54) is 6.08 Å². The van der Waals surface area contributed by atoms with Gasteiger partial charge < -0.3 is 44.0 Å². The standard InChI is InChI=1S/C48H66N6O10/c1-8-42-35(28-55)20-29(2)15-16-40(56)30(3)21-34(47(31(4)41(57)23-43(58)63-42)64-48-46(60)44(52(6)7)45(59)32(5)62-48)17-18-53(27-38-13-11-19-61-38)25-36-26-54(51-50-36)37-22-33-12-9-10-14-39(33)49-24-37/h9-16,19-20,22,24,26,30-32,34-35,41-42,44-48,55,57,59-60H,8,17-18,21,23,25,27-28H2,1-7H3/b16-15+,29-20+/t30-,31+,32-,34+,35-,41-,42-,44+,45-,46-,47-,48+/m1/s1. The number of likely N-dealkylation sites (N-methyl/N-ethyl adjacent to an activating group) is 1. The highest BCUT2D eigenvalue weighted by molar-refractivity contribution is 5.91. The van der Waals surface area contributed by atoms with Crippen LogP contribution in [0.15, 0.2) is 89.3 Å². The number of rotatable bonds is 13. The van der Waals surface area contributed by atoms with Crippen molar-refractivity contribution in [2.75, 3.05) is 27.2 Å². The van der Waals surface area contributed by atoms with Crippen molar-refractivity contribution in [3.63, 3.8) is 0 Å². The third-order valence-corrected chi connectivity index (χ3v) is 12.7. The van der Waals surface area contributed by atoms with E-state index < -0.39 is 78.6 Å². The summed E-state index contributed by atoms with van der Waals surface area (Å²) in [6, 6.07) is 12.8. The van der Waals surface area contributed by atoms with Crippen molar-refractivity contribution in [2.45, 2.75) is 122 Å². The third-order valence-electron chi connectivity index (χ3n) is 12.7. The van der Waals surface area contributed by atoms with E-state index in [9.17, 15) is 30.0 Å². The van der Waals surface area contributed by atoms with E-state index in [4.69, 9.17) is 18.6 Å². The lowest BCUT2D eigenvalue weighted by Gasteiger charge is -2.46. The van der Waals surface area contributed by atoms with E-state index in [1.807, 2.05) is 69.4 Å². The van der Waals surface area contributed by atoms with E-state index in [1.54, 1.807) is 62.1 Å². The topological polar surface area (TPSA) is 206 Å². The number of ether oxygens (including phenoxy) is 3. The Bertz CT molecular complexity index is 2180. The highest BCUT2D eigenvalue weighted by atomic mass is 16.7. The molecule has 1 aromatic carbocycles. The molecule has 3 aromatic heterocycles. The first-order valence-electron chi connectivity index (χ1n) is 22.4. The second kappa shape index (κ2) is 22.5. The summed E-state index contributed by atoms with van der Waals surface area (Å²) in [6.45, 7) is 9.99. The fourth-order valence-electron chi connectivity index (χ4n) is 8.95. The first-order valence-corrected chi connectivity index (χ1v) is 22.4. The van der Waals surface area contributed by atoms with Gasteiger partial charge in [-0.3, -0.25) is 19.5 Å². The Morgan fingerprint density at radius 2 is 1.78 bits per heavy atom. The number of cyclic esters (lactones) is 1. The molecule has 4 aromatic rings. The number of carbonyl (C=O) groups excluding carboxylic acids is 2. The second-order valence-electron chi connectivity index (χ2n) is 17.8. The van der Waals surface area contributed by atoms with E-state index in [0.717, 1.165) is 27.9 Å². The number of fused-ring (bicyclic) bond motifs is 1. The monoisotopic (exact) mass is 886 g/mol. The van der Waals surface area contributed by atoms with Gasteiger partial charge in [0.1, 0.15) is 18.0 Å². The average Bonchev–Trinajstić information content (AvgIpc) is 3.98. The van der Waals surface area contributed by atoms with Crippen LogP contribution in [-0.4, -0.2) is 138 Å². The molecule has 64 heavy (non-hydrogen) atoms. The van der Waals surface area contributed by atoms with E-state index in [-0.39, 0.29) is 18.8 Å². The lowest BCUT2D eigenvalue weighted by molar-refractivity contribution is -0.304. The Labute approximate surface area is 375 Å². The molecule has 16 nitrogen and oxygen atoms in total. The first kappa shape index (κ1) is 48.8. The summed E-state index contributed by atoms with van der Waals surface area (Å²) in [6.07, 6.45) is 4.03. The average molecular weight is 887 g/mol. The zero-order valence-corrected chi connectivity index (χ0v) is 38.0. The number of benzene rings is 1. The van der Waals surface area contributed by atoms with Gasteiger partial charge in [-0.05, 0) is 90.0 Å². The van der Waals surface area contributed by atoms with Crippen LogP contribution in [0.4, 0.5) is 0 Å². The zero-order chi connectivity index (χ0) is 46.1. The number of ketones is 1. The minimum atomic E-state index is -1.29. The molecule has 1 saturated heterocycles. The van der Waals surface area contributed by atoms with Crippen LogP contribution in [0.3, 0.4) is 0 Å². The maximum Gasteiger partial charge on any atom is 0.308 e. The summed E-state index contributed by atoms with van der Waals surface area (Å²) >= 11 is 0. The zero-order valence-electron chi connectivity index (χ0n) is 38.0. The maximum absolute atomic E-state index is 13.9. The van der Waals surface area contributed by atoms with Crippen molar-refractivity contribution in [2.24, 2.45) is 23.7 Å². The highest BCUT2D eigenvalue weighted by Crippen LogP contribution is 2.35. The van der Waals surface area contributed by atoms with Crippen LogP contribution in [0.1, 0.15) is 71.8 Å². The summed E-state index contributed by atoms with van der Waals surface area (Å²) < 4.78 is 26.4. The SMILES string of the molecule is CC[C@H]1OC(=O)C[C@@H](O)[C@H](C)[C@@H](O[C@@H]2O[C@H](C)[C@@H](O)[C@H](N(C)C)[C@H]2O)[C@@H](CCN(Cc2cn(-c3cnc4ccccc4c3)nn2)Cc2ccco2)C[C@@H](C)C(=O)/C=C/C(C)=C/[C@@H]1CO. The fourth-order valence-corrected chi connectivity index (χ4v) is 8.95. The maximum atomic E-state index is 13.9. The van der Waals surface area contributed by atoms with Gasteiger partial charge in [-0.2, -0.15) is 0 Å². The largest absolute Gasteiger partial charge is 0.468 e. The molecule has 0 amide bonds. The smallest absolute Gasteiger partial charge is 0.308 e. The molecule has 0 bridgehead atoms. The number of para-hydroxylation sites is 1. The molecule has 0 aliphatic carbocycles. The molecule has 348 valence electrons. The van der Waals surface area contributed by atoms with Crippen LogP contribution in [-0.2, 0) is 36.9 Å². The predicted molar refractivity (Wildman–Crippen MR) is 239 cm³/mol. The Balaban J connectivity index is 1.34.